The number of imidazole rings is 1. The number of fused-ring (bicyclic) bond motifs is 1. The van der Waals surface area contributed by atoms with Crippen LogP contribution in [0.3, 0.4) is 0 Å². The Bertz CT molecular complexity index is 548. The maximum atomic E-state index is 11.6. The van der Waals surface area contributed by atoms with E-state index in [4.69, 9.17) is 4.74 Å². The zero-order valence-electron chi connectivity index (χ0n) is 9.03. The smallest absolute Gasteiger partial charge is 0.355 e. The van der Waals surface area contributed by atoms with Crippen LogP contribution in [0, 0.1) is 0 Å². The van der Waals surface area contributed by atoms with Crippen LogP contribution in [0.2, 0.25) is 0 Å². The van der Waals surface area contributed by atoms with Gasteiger partial charge >= 0.3 is 5.97 Å². The topological polar surface area (TPSA) is 43.6 Å². The number of hydrogen-bond donors (Lipinski definition) is 0. The summed E-state index contributed by atoms with van der Waals surface area (Å²) in [6.45, 7) is 2.00. The van der Waals surface area contributed by atoms with Gasteiger partial charge in [0, 0.05) is 6.42 Å². The van der Waals surface area contributed by atoms with Gasteiger partial charge in [0.15, 0.2) is 0 Å². The number of nitrogens with zero attached hydrogens (tertiary/aromatic N) is 2. The van der Waals surface area contributed by atoms with Crippen LogP contribution >= 0.6 is 15.9 Å². The van der Waals surface area contributed by atoms with Gasteiger partial charge in [-0.25, -0.2) is 9.78 Å². The highest BCUT2D eigenvalue weighted by Gasteiger charge is 2.15. The second-order valence-electron chi connectivity index (χ2n) is 3.30. The summed E-state index contributed by atoms with van der Waals surface area (Å²) in [5.41, 5.74) is 1.37. The highest BCUT2D eigenvalue weighted by molar-refractivity contribution is 9.10. The fraction of sp³-hybridized carbons (Fsp3) is 0.273. The van der Waals surface area contributed by atoms with Crippen molar-refractivity contribution < 1.29 is 9.53 Å². The maximum Gasteiger partial charge on any atom is 0.355 e. The number of halogens is 1. The van der Waals surface area contributed by atoms with Crippen molar-refractivity contribution in [2.24, 2.45) is 0 Å². The first kappa shape index (κ1) is 11.1. The molecule has 0 aromatic carbocycles. The van der Waals surface area contributed by atoms with E-state index < -0.39 is 0 Å². The Balaban J connectivity index is 2.79. The van der Waals surface area contributed by atoms with E-state index in [-0.39, 0.29) is 5.97 Å². The molecule has 0 aliphatic rings. The summed E-state index contributed by atoms with van der Waals surface area (Å²) >= 11 is 3.38. The molecule has 2 heterocycles. The molecule has 0 amide bonds. The number of pyridine rings is 1. The summed E-state index contributed by atoms with van der Waals surface area (Å²) in [6, 6.07) is 5.45. The van der Waals surface area contributed by atoms with E-state index in [2.05, 4.69) is 20.9 Å². The molecule has 2 aromatic heterocycles. The van der Waals surface area contributed by atoms with Gasteiger partial charge in [-0.05, 0) is 28.1 Å². The fourth-order valence-electron chi connectivity index (χ4n) is 1.67. The van der Waals surface area contributed by atoms with Gasteiger partial charge in [0.25, 0.3) is 0 Å². The molecular formula is C11H11BrN2O2. The van der Waals surface area contributed by atoms with Crippen LogP contribution in [0.25, 0.3) is 5.52 Å². The van der Waals surface area contributed by atoms with Crippen LogP contribution in [-0.2, 0) is 11.2 Å². The van der Waals surface area contributed by atoms with Gasteiger partial charge in [-0.15, -0.1) is 0 Å². The molecule has 0 saturated heterocycles. The van der Waals surface area contributed by atoms with Gasteiger partial charge in [0.1, 0.15) is 16.1 Å². The molecule has 0 spiro atoms. The predicted octanol–water partition coefficient (Wildman–Crippen LogP) is 2.45. The van der Waals surface area contributed by atoms with Crippen LogP contribution in [0.1, 0.15) is 23.2 Å². The number of esters is 1. The number of hydrogen-bond acceptors (Lipinski definition) is 3. The Kier molecular flexibility index (Phi) is 2.96. The minimum Gasteiger partial charge on any atom is -0.464 e. The Hall–Kier alpha value is -1.36. The summed E-state index contributed by atoms with van der Waals surface area (Å²) in [5, 5.41) is 0. The van der Waals surface area contributed by atoms with Crippen molar-refractivity contribution in [2.75, 3.05) is 7.11 Å². The van der Waals surface area contributed by atoms with Crippen molar-refractivity contribution in [3.8, 4) is 0 Å². The van der Waals surface area contributed by atoms with Crippen molar-refractivity contribution in [3.05, 3.63) is 34.3 Å². The summed E-state index contributed by atoms with van der Waals surface area (Å²) < 4.78 is 7.31. The summed E-state index contributed by atoms with van der Waals surface area (Å²) in [6.07, 6.45) is 0.751. The molecule has 0 N–H and O–H groups in total. The number of rotatable bonds is 2. The van der Waals surface area contributed by atoms with Crippen molar-refractivity contribution >= 4 is 27.4 Å². The van der Waals surface area contributed by atoms with Crippen LogP contribution < -0.4 is 0 Å². The first-order valence-electron chi connectivity index (χ1n) is 4.93. The Labute approximate surface area is 101 Å². The summed E-state index contributed by atoms with van der Waals surface area (Å²) in [7, 11) is 1.37. The molecule has 4 nitrogen and oxygen atoms in total. The lowest BCUT2D eigenvalue weighted by atomic mass is 10.3. The second-order valence-corrected chi connectivity index (χ2v) is 4.05. The molecule has 84 valence electrons. The number of methoxy groups -OCH3 is 1. The molecular weight excluding hydrogens is 272 g/mol. The number of aromatic nitrogens is 2. The van der Waals surface area contributed by atoms with Crippen LogP contribution in [0.4, 0.5) is 0 Å². The normalized spacial score (nSPS) is 10.7. The molecule has 0 fully saturated rings. The van der Waals surface area contributed by atoms with E-state index in [1.54, 1.807) is 6.07 Å². The average Bonchev–Trinajstić information content (AvgIpc) is 2.65. The third-order valence-electron chi connectivity index (χ3n) is 2.40. The molecule has 0 unspecified atom stereocenters. The molecule has 0 atom stereocenters. The van der Waals surface area contributed by atoms with Crippen molar-refractivity contribution in [1.82, 2.24) is 9.38 Å². The number of carbonyl (C=O) groups is 1. The lowest BCUT2D eigenvalue weighted by Gasteiger charge is -2.05. The molecule has 16 heavy (non-hydrogen) atoms. The molecule has 2 rings (SSSR count). The van der Waals surface area contributed by atoms with Crippen LogP contribution in [-0.4, -0.2) is 22.5 Å². The van der Waals surface area contributed by atoms with Gasteiger partial charge in [-0.2, -0.15) is 0 Å². The summed E-state index contributed by atoms with van der Waals surface area (Å²) in [4.78, 5) is 16.0. The van der Waals surface area contributed by atoms with E-state index >= 15 is 0 Å². The van der Waals surface area contributed by atoms with E-state index in [1.165, 1.54) is 7.11 Å². The zero-order chi connectivity index (χ0) is 11.7. The average molecular weight is 283 g/mol. The van der Waals surface area contributed by atoms with Crippen molar-refractivity contribution in [1.29, 1.82) is 0 Å². The van der Waals surface area contributed by atoms with Gasteiger partial charge < -0.3 is 4.74 Å². The SMILES string of the molecule is CCc1nc(Br)c2cccc(C(=O)OC)n12. The molecule has 0 aliphatic carbocycles. The quantitative estimate of drug-likeness (QED) is 0.795. The highest BCUT2D eigenvalue weighted by Crippen LogP contribution is 2.21. The fourth-order valence-corrected chi connectivity index (χ4v) is 2.18. The van der Waals surface area contributed by atoms with Crippen molar-refractivity contribution in [2.45, 2.75) is 13.3 Å². The molecule has 2 aromatic rings. The standard InChI is InChI=1S/C11H11BrN2O2/c1-3-9-13-10(12)7-5-4-6-8(14(7)9)11(15)16-2/h4-6H,3H2,1-2H3. The highest BCUT2D eigenvalue weighted by atomic mass is 79.9. The number of carbonyl (C=O) groups excluding carboxylic acids is 1. The lowest BCUT2D eigenvalue weighted by Crippen LogP contribution is -2.09. The zero-order valence-corrected chi connectivity index (χ0v) is 10.6. The minimum absolute atomic E-state index is 0.356. The third kappa shape index (κ3) is 1.61. The molecule has 0 bridgehead atoms. The number of aryl methyl sites for hydroxylation is 1. The number of ether oxygens (including phenoxy) is 1. The lowest BCUT2D eigenvalue weighted by molar-refractivity contribution is 0.0592. The summed E-state index contributed by atoms with van der Waals surface area (Å²) in [5.74, 6) is 0.480. The second kappa shape index (κ2) is 4.25. The van der Waals surface area contributed by atoms with Gasteiger partial charge in [-0.1, -0.05) is 13.0 Å². The predicted molar refractivity (Wildman–Crippen MR) is 63.6 cm³/mol. The van der Waals surface area contributed by atoms with E-state index in [1.807, 2.05) is 23.5 Å². The molecule has 0 saturated carbocycles. The molecule has 0 radical (unpaired) electrons. The van der Waals surface area contributed by atoms with Gasteiger partial charge in [0.2, 0.25) is 0 Å². The van der Waals surface area contributed by atoms with Crippen LogP contribution in [0.5, 0.6) is 0 Å². The van der Waals surface area contributed by atoms with E-state index in [0.717, 1.165) is 22.4 Å². The maximum absolute atomic E-state index is 11.6. The Morgan fingerprint density at radius 3 is 2.94 bits per heavy atom. The third-order valence-corrected chi connectivity index (χ3v) is 2.98. The molecule has 0 aliphatic heterocycles. The Morgan fingerprint density at radius 2 is 2.31 bits per heavy atom. The monoisotopic (exact) mass is 282 g/mol. The first-order valence-corrected chi connectivity index (χ1v) is 5.72. The minimum atomic E-state index is -0.356. The first-order chi connectivity index (χ1) is 7.69. The van der Waals surface area contributed by atoms with Crippen molar-refractivity contribution in [3.63, 3.8) is 0 Å². The van der Waals surface area contributed by atoms with Gasteiger partial charge in [0.05, 0.1) is 12.6 Å². The Morgan fingerprint density at radius 1 is 1.56 bits per heavy atom. The molecule has 5 heteroatoms. The van der Waals surface area contributed by atoms with Crippen LogP contribution in [0.15, 0.2) is 22.8 Å². The van der Waals surface area contributed by atoms with E-state index in [9.17, 15) is 4.79 Å². The largest absolute Gasteiger partial charge is 0.464 e. The van der Waals surface area contributed by atoms with E-state index in [0.29, 0.717) is 5.69 Å². The van der Waals surface area contributed by atoms with Gasteiger partial charge in [-0.3, -0.25) is 4.40 Å².